The number of benzene rings is 1. The Bertz CT molecular complexity index is 1180. The second-order valence-electron chi connectivity index (χ2n) is 10.2. The molecule has 8 nitrogen and oxygen atoms in total. The van der Waals surface area contributed by atoms with Crippen LogP contribution in [-0.2, 0) is 19.6 Å². The molecule has 2 heterocycles. The lowest BCUT2D eigenvalue weighted by Crippen LogP contribution is -2.54. The van der Waals surface area contributed by atoms with Crippen molar-refractivity contribution < 1.29 is 31.2 Å². The van der Waals surface area contributed by atoms with Gasteiger partial charge in [0.2, 0.25) is 21.8 Å². The maximum Gasteiger partial charge on any atom is 0.263 e. The number of nitriles is 1. The van der Waals surface area contributed by atoms with Crippen molar-refractivity contribution in [1.82, 2.24) is 14.5 Å². The quantitative estimate of drug-likeness (QED) is 0.571. The molecule has 0 bridgehead atoms. The van der Waals surface area contributed by atoms with Crippen LogP contribution in [0.5, 0.6) is 0 Å². The topological polar surface area (TPSA) is 111 Å². The molecule has 1 N–H and O–H groups in total. The van der Waals surface area contributed by atoms with Crippen molar-refractivity contribution in [3.8, 4) is 6.07 Å². The van der Waals surface area contributed by atoms with Crippen molar-refractivity contribution in [2.45, 2.75) is 69.2 Å². The molecule has 0 spiro atoms. The van der Waals surface area contributed by atoms with Gasteiger partial charge in [-0.05, 0) is 45.1 Å². The first-order valence-electron chi connectivity index (χ1n) is 12.6. The molecule has 1 unspecified atom stereocenters. The van der Waals surface area contributed by atoms with Crippen molar-refractivity contribution in [2.75, 3.05) is 19.6 Å². The second-order valence-corrected chi connectivity index (χ2v) is 12.4. The monoisotopic (exact) mass is 540 g/mol. The van der Waals surface area contributed by atoms with E-state index in [-0.39, 0.29) is 36.9 Å². The molecule has 202 valence electrons. The summed E-state index contributed by atoms with van der Waals surface area (Å²) >= 11 is 0. The first kappa shape index (κ1) is 27.4. The maximum atomic E-state index is 14.4. The van der Waals surface area contributed by atoms with E-state index in [4.69, 9.17) is 5.26 Å². The molecule has 1 aromatic carbocycles. The van der Waals surface area contributed by atoms with Gasteiger partial charge in [0.25, 0.3) is 6.43 Å². The van der Waals surface area contributed by atoms with E-state index >= 15 is 0 Å². The Hall–Kier alpha value is -2.65. The van der Waals surface area contributed by atoms with E-state index in [2.05, 4.69) is 11.4 Å². The summed E-state index contributed by atoms with van der Waals surface area (Å²) in [6.45, 7) is 2.28. The van der Waals surface area contributed by atoms with E-state index in [9.17, 15) is 31.2 Å². The fourth-order valence-electron chi connectivity index (χ4n) is 5.53. The largest absolute Gasteiger partial charge is 0.348 e. The van der Waals surface area contributed by atoms with Crippen LogP contribution in [0, 0.1) is 29.0 Å². The maximum absolute atomic E-state index is 14.4. The van der Waals surface area contributed by atoms with Gasteiger partial charge in [0.1, 0.15) is 11.9 Å². The van der Waals surface area contributed by atoms with E-state index < -0.39 is 57.0 Å². The molecule has 2 saturated heterocycles. The highest BCUT2D eigenvalue weighted by Crippen LogP contribution is 2.35. The molecule has 1 aromatic rings. The minimum absolute atomic E-state index is 0.0681. The van der Waals surface area contributed by atoms with Crippen LogP contribution in [0.2, 0.25) is 0 Å². The average Bonchev–Trinajstić information content (AvgIpc) is 3.33. The summed E-state index contributed by atoms with van der Waals surface area (Å²) in [4.78, 5) is 28.0. The molecule has 37 heavy (non-hydrogen) atoms. The summed E-state index contributed by atoms with van der Waals surface area (Å²) in [5, 5.41) is 11.0. The molecule has 0 aromatic heterocycles. The normalized spacial score (nSPS) is 25.9. The van der Waals surface area contributed by atoms with E-state index in [1.54, 1.807) is 6.92 Å². The van der Waals surface area contributed by atoms with Gasteiger partial charge < -0.3 is 10.2 Å². The van der Waals surface area contributed by atoms with Crippen molar-refractivity contribution in [1.29, 1.82) is 5.26 Å². The molecule has 3 fully saturated rings. The van der Waals surface area contributed by atoms with E-state index in [1.807, 2.05) is 0 Å². The third-order valence-corrected chi connectivity index (χ3v) is 10.0. The van der Waals surface area contributed by atoms with E-state index in [0.717, 1.165) is 12.1 Å². The molecule has 12 heteroatoms. The van der Waals surface area contributed by atoms with Crippen molar-refractivity contribution >= 4 is 21.8 Å². The molecule has 2 amide bonds. The lowest BCUT2D eigenvalue weighted by Gasteiger charge is -2.39. The predicted octanol–water partition coefficient (Wildman–Crippen LogP) is 3.28. The molecule has 2 aliphatic heterocycles. The fraction of sp³-hybridized carbons (Fsp3) is 0.640. The van der Waals surface area contributed by atoms with Gasteiger partial charge in [-0.15, -0.1) is 0 Å². The summed E-state index contributed by atoms with van der Waals surface area (Å²) in [6.07, 6.45) is -0.0292. The lowest BCUT2D eigenvalue weighted by molar-refractivity contribution is -0.142. The highest BCUT2D eigenvalue weighted by atomic mass is 32.2. The molecule has 0 radical (unpaired) electrons. The van der Waals surface area contributed by atoms with Gasteiger partial charge in [-0.2, -0.15) is 9.57 Å². The fourth-order valence-corrected chi connectivity index (χ4v) is 7.67. The average molecular weight is 541 g/mol. The minimum Gasteiger partial charge on any atom is -0.348 e. The first-order valence-corrected chi connectivity index (χ1v) is 14.1. The summed E-state index contributed by atoms with van der Waals surface area (Å²) in [5.41, 5.74) is -0.377. The van der Waals surface area contributed by atoms with Crippen LogP contribution in [0.4, 0.5) is 13.2 Å². The zero-order chi connectivity index (χ0) is 26.9. The van der Waals surface area contributed by atoms with Gasteiger partial charge in [0, 0.05) is 36.7 Å². The summed E-state index contributed by atoms with van der Waals surface area (Å²) in [7, 11) is -3.60. The van der Waals surface area contributed by atoms with Gasteiger partial charge in [-0.1, -0.05) is 18.6 Å². The number of sulfonamides is 1. The van der Waals surface area contributed by atoms with Crippen molar-refractivity contribution in [3.63, 3.8) is 0 Å². The number of rotatable bonds is 7. The highest BCUT2D eigenvalue weighted by molar-refractivity contribution is 7.89. The zero-order valence-electron chi connectivity index (χ0n) is 20.6. The Kier molecular flexibility index (Phi) is 8.14. The molecular weight excluding hydrogens is 509 g/mol. The highest BCUT2D eigenvalue weighted by Gasteiger charge is 2.45. The summed E-state index contributed by atoms with van der Waals surface area (Å²) in [6, 6.07) is 3.60. The van der Waals surface area contributed by atoms with Crippen molar-refractivity contribution in [2.24, 2.45) is 11.8 Å². The zero-order valence-corrected chi connectivity index (χ0v) is 21.4. The van der Waals surface area contributed by atoms with Gasteiger partial charge >= 0.3 is 0 Å². The van der Waals surface area contributed by atoms with Crippen LogP contribution >= 0.6 is 0 Å². The third-order valence-electron chi connectivity index (χ3n) is 7.73. The minimum atomic E-state index is -3.60. The summed E-state index contributed by atoms with van der Waals surface area (Å²) in [5.74, 6) is -2.37. The Labute approximate surface area is 214 Å². The van der Waals surface area contributed by atoms with Crippen LogP contribution in [0.15, 0.2) is 18.2 Å². The predicted molar refractivity (Wildman–Crippen MR) is 128 cm³/mol. The SMILES string of the molecule is C[C@@H](NC(=O)[C@H]1CCCN1C(=O)[C@H]1CCCC(S(=O)(=O)N2CC(C#N)C2)C1)c1ccc(C(F)F)cc1F. The van der Waals surface area contributed by atoms with Gasteiger partial charge in [0.05, 0.1) is 23.3 Å². The second kappa shape index (κ2) is 11.0. The standard InChI is InChI=1S/C25H31F3N4O4S/c1-15(20-8-7-17(23(27)28)11-21(20)26)30-24(33)22-6-3-9-32(22)25(34)18-4-2-5-19(10-18)37(35,36)31-13-16(12-29)14-31/h7-8,11,15-16,18-19,22-23H,2-6,9-10,13-14H2,1H3,(H,30,33)/t15-,18+,19?,22-/m1/s1. The Balaban J connectivity index is 1.39. The molecule has 4 rings (SSSR count). The number of amides is 2. The summed E-state index contributed by atoms with van der Waals surface area (Å²) < 4.78 is 67.3. The smallest absolute Gasteiger partial charge is 0.263 e. The van der Waals surface area contributed by atoms with E-state index in [1.165, 1.54) is 15.3 Å². The number of halogens is 3. The number of hydrogen-bond acceptors (Lipinski definition) is 5. The van der Waals surface area contributed by atoms with Crippen LogP contribution in [0.1, 0.15) is 69.0 Å². The van der Waals surface area contributed by atoms with Crippen LogP contribution in [-0.4, -0.2) is 60.4 Å². The van der Waals surface area contributed by atoms with Gasteiger partial charge in [-0.3, -0.25) is 9.59 Å². The number of likely N-dealkylation sites (tertiary alicyclic amines) is 1. The van der Waals surface area contributed by atoms with Crippen LogP contribution in [0.3, 0.4) is 0 Å². The molecule has 1 saturated carbocycles. The number of carbonyl (C=O) groups excluding carboxylic acids is 2. The molecule has 4 atom stereocenters. The first-order chi connectivity index (χ1) is 17.5. The number of alkyl halides is 2. The van der Waals surface area contributed by atoms with Gasteiger partial charge in [0.15, 0.2) is 0 Å². The number of nitrogens with zero attached hydrogens (tertiary/aromatic N) is 3. The lowest BCUT2D eigenvalue weighted by atomic mass is 9.87. The van der Waals surface area contributed by atoms with Crippen molar-refractivity contribution in [3.05, 3.63) is 35.1 Å². The number of nitrogens with one attached hydrogen (secondary N) is 1. The number of carbonyl (C=O) groups is 2. The Morgan fingerprint density at radius 2 is 1.89 bits per heavy atom. The van der Waals surface area contributed by atoms with Gasteiger partial charge in [-0.25, -0.2) is 21.6 Å². The molecule has 3 aliphatic rings. The molecule has 1 aliphatic carbocycles. The van der Waals surface area contributed by atoms with Crippen LogP contribution in [0.25, 0.3) is 0 Å². The van der Waals surface area contributed by atoms with Crippen LogP contribution < -0.4 is 5.32 Å². The molecular formula is C25H31F3N4O4S. The third kappa shape index (κ3) is 5.62. The van der Waals surface area contributed by atoms with E-state index in [0.29, 0.717) is 38.6 Å². The number of hydrogen-bond donors (Lipinski definition) is 1. The Morgan fingerprint density at radius 1 is 1.16 bits per heavy atom. The Morgan fingerprint density at radius 3 is 2.54 bits per heavy atom.